The Balaban J connectivity index is 1.31. The Morgan fingerprint density at radius 3 is 2.22 bits per heavy atom. The van der Waals surface area contributed by atoms with Crippen LogP contribution < -0.4 is 16.4 Å². The number of anilines is 4. The summed E-state index contributed by atoms with van der Waals surface area (Å²) in [4.78, 5) is 28.8. The monoisotopic (exact) mass is 478 g/mol. The molecule has 9 nitrogen and oxygen atoms in total. The Bertz CT molecular complexity index is 1540. The van der Waals surface area contributed by atoms with Crippen molar-refractivity contribution in [2.75, 3.05) is 23.5 Å². The van der Waals surface area contributed by atoms with Gasteiger partial charge in [0.25, 0.3) is 5.91 Å². The Morgan fingerprint density at radius 1 is 0.861 bits per heavy atom. The third-order valence-electron chi connectivity index (χ3n) is 5.57. The van der Waals surface area contributed by atoms with E-state index in [4.69, 9.17) is 15.5 Å². The molecule has 0 saturated heterocycles. The van der Waals surface area contributed by atoms with E-state index in [-0.39, 0.29) is 11.9 Å². The first kappa shape index (κ1) is 22.6. The highest BCUT2D eigenvalue weighted by molar-refractivity contribution is 6.04. The molecular weight excluding hydrogens is 456 g/mol. The zero-order valence-electron chi connectivity index (χ0n) is 19.3. The van der Waals surface area contributed by atoms with E-state index in [1.54, 1.807) is 47.1 Å². The third kappa shape index (κ3) is 4.71. The van der Waals surface area contributed by atoms with Crippen molar-refractivity contribution >= 4 is 40.4 Å². The van der Waals surface area contributed by atoms with Crippen LogP contribution in [0.2, 0.25) is 0 Å². The predicted molar refractivity (Wildman–Crippen MR) is 138 cm³/mol. The number of ether oxygens (including phenoxy) is 1. The second-order valence-electron chi connectivity index (χ2n) is 7.99. The first-order valence-electron chi connectivity index (χ1n) is 11.1. The molecule has 0 aliphatic carbocycles. The normalized spacial score (nSPS) is 10.7. The summed E-state index contributed by atoms with van der Waals surface area (Å²) in [5.74, 6) is 0.0339. The minimum absolute atomic E-state index is 0.212. The van der Waals surface area contributed by atoms with Gasteiger partial charge in [0.15, 0.2) is 5.65 Å². The molecule has 3 aromatic carbocycles. The number of hydrogen-bond acceptors (Lipinski definition) is 7. The van der Waals surface area contributed by atoms with Crippen molar-refractivity contribution in [1.82, 2.24) is 14.6 Å². The number of aromatic nitrogens is 3. The van der Waals surface area contributed by atoms with Gasteiger partial charge in [0.1, 0.15) is 5.82 Å². The van der Waals surface area contributed by atoms with E-state index < -0.39 is 0 Å². The SMILES string of the molecule is COC(=O)c1ccc(-c2cnn3ccc(Nc4ccc(NC(=O)c5ccc(N)cc5)cc4)nc23)cc1. The number of nitrogens with zero attached hydrogens (tertiary/aromatic N) is 3. The molecule has 178 valence electrons. The topological polar surface area (TPSA) is 124 Å². The molecule has 0 fully saturated rings. The third-order valence-corrected chi connectivity index (χ3v) is 5.57. The Hall–Kier alpha value is -5.18. The van der Waals surface area contributed by atoms with Crippen LogP contribution in [0.1, 0.15) is 20.7 Å². The van der Waals surface area contributed by atoms with Crippen molar-refractivity contribution in [3.63, 3.8) is 0 Å². The molecule has 0 atom stereocenters. The van der Waals surface area contributed by atoms with Crippen LogP contribution in [0.25, 0.3) is 16.8 Å². The summed E-state index contributed by atoms with van der Waals surface area (Å²) in [6.07, 6.45) is 3.55. The number of hydrogen-bond donors (Lipinski definition) is 3. The first-order valence-corrected chi connectivity index (χ1v) is 11.1. The quantitative estimate of drug-likeness (QED) is 0.237. The highest BCUT2D eigenvalue weighted by Gasteiger charge is 2.11. The molecule has 5 aromatic rings. The Morgan fingerprint density at radius 2 is 1.53 bits per heavy atom. The van der Waals surface area contributed by atoms with E-state index >= 15 is 0 Å². The van der Waals surface area contributed by atoms with Gasteiger partial charge in [0.2, 0.25) is 0 Å². The number of esters is 1. The maximum absolute atomic E-state index is 12.4. The molecule has 0 unspecified atom stereocenters. The van der Waals surface area contributed by atoms with Gasteiger partial charge in [-0.1, -0.05) is 12.1 Å². The number of benzene rings is 3. The summed E-state index contributed by atoms with van der Waals surface area (Å²) >= 11 is 0. The van der Waals surface area contributed by atoms with Crippen LogP contribution in [0, 0.1) is 0 Å². The average Bonchev–Trinajstić information content (AvgIpc) is 3.33. The predicted octanol–water partition coefficient (Wildman–Crippen LogP) is 4.76. The van der Waals surface area contributed by atoms with E-state index in [1.165, 1.54) is 7.11 Å². The van der Waals surface area contributed by atoms with Gasteiger partial charge in [-0.25, -0.2) is 14.3 Å². The van der Waals surface area contributed by atoms with Crippen molar-refractivity contribution in [3.8, 4) is 11.1 Å². The van der Waals surface area contributed by atoms with Gasteiger partial charge in [-0.15, -0.1) is 0 Å². The van der Waals surface area contributed by atoms with Gasteiger partial charge in [-0.2, -0.15) is 5.10 Å². The molecule has 5 rings (SSSR count). The second-order valence-corrected chi connectivity index (χ2v) is 7.99. The van der Waals surface area contributed by atoms with E-state index in [1.807, 2.05) is 48.7 Å². The smallest absolute Gasteiger partial charge is 0.337 e. The van der Waals surface area contributed by atoms with Crippen molar-refractivity contribution in [2.45, 2.75) is 0 Å². The standard InChI is InChI=1S/C27H22N6O3/c1-36-27(35)19-4-2-17(3-5-19)23-16-29-33-15-14-24(32-25(23)33)30-21-10-12-22(13-11-21)31-26(34)18-6-8-20(28)9-7-18/h2-16H,28H2,1H3,(H,30,32)(H,31,34). The molecule has 0 spiro atoms. The second kappa shape index (κ2) is 9.59. The molecule has 0 saturated carbocycles. The molecule has 2 aromatic heterocycles. The summed E-state index contributed by atoms with van der Waals surface area (Å²) in [7, 11) is 1.35. The Kier molecular flexibility index (Phi) is 6.02. The lowest BCUT2D eigenvalue weighted by molar-refractivity contribution is 0.0600. The fourth-order valence-corrected chi connectivity index (χ4v) is 3.67. The number of nitrogens with two attached hydrogens (primary N) is 1. The van der Waals surface area contributed by atoms with Crippen LogP contribution in [-0.2, 0) is 4.74 Å². The summed E-state index contributed by atoms with van der Waals surface area (Å²) < 4.78 is 6.44. The molecule has 0 aliphatic rings. The zero-order chi connectivity index (χ0) is 25.1. The fourth-order valence-electron chi connectivity index (χ4n) is 3.67. The molecule has 4 N–H and O–H groups in total. The van der Waals surface area contributed by atoms with E-state index in [0.29, 0.717) is 34.0 Å². The van der Waals surface area contributed by atoms with Crippen LogP contribution >= 0.6 is 0 Å². The van der Waals surface area contributed by atoms with Crippen LogP contribution in [0.5, 0.6) is 0 Å². The molecule has 0 radical (unpaired) electrons. The number of methoxy groups -OCH3 is 1. The van der Waals surface area contributed by atoms with Crippen molar-refractivity contribution in [2.24, 2.45) is 0 Å². The highest BCUT2D eigenvalue weighted by Crippen LogP contribution is 2.26. The number of nitrogens with one attached hydrogen (secondary N) is 2. The number of carbonyl (C=O) groups excluding carboxylic acids is 2. The number of amides is 1. The lowest BCUT2D eigenvalue weighted by Crippen LogP contribution is -2.11. The summed E-state index contributed by atoms with van der Waals surface area (Å²) in [5, 5.41) is 10.5. The number of rotatable bonds is 6. The minimum Gasteiger partial charge on any atom is -0.465 e. The summed E-state index contributed by atoms with van der Waals surface area (Å²) in [6, 6.07) is 23.0. The lowest BCUT2D eigenvalue weighted by atomic mass is 10.1. The number of nitrogen functional groups attached to an aromatic ring is 1. The molecule has 36 heavy (non-hydrogen) atoms. The van der Waals surface area contributed by atoms with Crippen LogP contribution in [-0.4, -0.2) is 33.6 Å². The Labute approximate surface area is 206 Å². The van der Waals surface area contributed by atoms with Gasteiger partial charge >= 0.3 is 5.97 Å². The van der Waals surface area contributed by atoms with E-state index in [2.05, 4.69) is 15.7 Å². The average molecular weight is 479 g/mol. The van der Waals surface area contributed by atoms with Crippen molar-refractivity contribution < 1.29 is 14.3 Å². The van der Waals surface area contributed by atoms with Crippen molar-refractivity contribution in [3.05, 3.63) is 102 Å². The van der Waals surface area contributed by atoms with Gasteiger partial charge in [0, 0.05) is 34.4 Å². The number of carbonyl (C=O) groups is 2. The highest BCUT2D eigenvalue weighted by atomic mass is 16.5. The molecule has 1 amide bonds. The van der Waals surface area contributed by atoms with Gasteiger partial charge in [-0.05, 0) is 72.3 Å². The van der Waals surface area contributed by atoms with E-state index in [0.717, 1.165) is 16.8 Å². The van der Waals surface area contributed by atoms with Crippen LogP contribution in [0.4, 0.5) is 22.9 Å². The minimum atomic E-state index is -0.387. The summed E-state index contributed by atoms with van der Waals surface area (Å²) in [5.41, 5.74) is 11.1. The molecule has 0 aliphatic heterocycles. The number of fused-ring (bicyclic) bond motifs is 1. The fraction of sp³-hybridized carbons (Fsp3) is 0.0370. The van der Waals surface area contributed by atoms with E-state index in [9.17, 15) is 9.59 Å². The van der Waals surface area contributed by atoms with Gasteiger partial charge < -0.3 is 21.1 Å². The maximum Gasteiger partial charge on any atom is 0.337 e. The van der Waals surface area contributed by atoms with Gasteiger partial charge in [0.05, 0.1) is 18.9 Å². The first-order chi connectivity index (χ1) is 17.5. The largest absolute Gasteiger partial charge is 0.465 e. The molecule has 2 heterocycles. The van der Waals surface area contributed by atoms with Crippen molar-refractivity contribution in [1.29, 1.82) is 0 Å². The zero-order valence-corrected chi connectivity index (χ0v) is 19.3. The van der Waals surface area contributed by atoms with Crippen LogP contribution in [0.3, 0.4) is 0 Å². The van der Waals surface area contributed by atoms with Crippen LogP contribution in [0.15, 0.2) is 91.3 Å². The van der Waals surface area contributed by atoms with Gasteiger partial charge in [-0.3, -0.25) is 4.79 Å². The molecule has 0 bridgehead atoms. The lowest BCUT2D eigenvalue weighted by Gasteiger charge is -2.09. The summed E-state index contributed by atoms with van der Waals surface area (Å²) in [6.45, 7) is 0. The molecular formula is C27H22N6O3. The molecule has 9 heteroatoms. The maximum atomic E-state index is 12.4.